The molecule has 2 aromatic rings. The molecular weight excluding hydrogens is 332 g/mol. The summed E-state index contributed by atoms with van der Waals surface area (Å²) in [7, 11) is 1.64. The van der Waals surface area contributed by atoms with Crippen molar-refractivity contribution in [2.24, 2.45) is 0 Å². The largest absolute Gasteiger partial charge is 0.492 e. The number of hydrogen-bond donors (Lipinski definition) is 0. The number of pyridine rings is 1. The molecule has 0 spiro atoms. The number of methoxy groups -OCH3 is 1. The molecule has 0 amide bonds. The van der Waals surface area contributed by atoms with E-state index >= 15 is 0 Å². The van der Waals surface area contributed by atoms with E-state index in [0.29, 0.717) is 23.5 Å². The maximum atomic E-state index is 12.9. The number of ketones is 1. The van der Waals surface area contributed by atoms with E-state index in [-0.39, 0.29) is 18.6 Å². The molecule has 1 aromatic carbocycles. The Morgan fingerprint density at radius 1 is 1.35 bits per heavy atom. The minimum Gasteiger partial charge on any atom is -0.492 e. The lowest BCUT2D eigenvalue weighted by atomic mass is 9.87. The molecule has 0 bridgehead atoms. The van der Waals surface area contributed by atoms with Gasteiger partial charge >= 0.3 is 0 Å². The third-order valence-electron chi connectivity index (χ3n) is 5.18. The summed E-state index contributed by atoms with van der Waals surface area (Å²) in [6.45, 7) is 4.09. The number of Topliss-reactive ketones (excluding diaryl/α,β-unsaturated/α-hetero) is 1. The Hall–Kier alpha value is -2.60. The zero-order valence-corrected chi connectivity index (χ0v) is 15.0. The topological polar surface area (TPSA) is 60.9 Å². The smallest absolute Gasteiger partial charge is 0.231 e. The number of ether oxygens (including phenoxy) is 3. The highest BCUT2D eigenvalue weighted by Crippen LogP contribution is 2.50. The van der Waals surface area contributed by atoms with Crippen molar-refractivity contribution in [1.82, 2.24) is 9.88 Å². The van der Waals surface area contributed by atoms with Gasteiger partial charge in [0, 0.05) is 42.5 Å². The quantitative estimate of drug-likeness (QED) is 0.769. The van der Waals surface area contributed by atoms with Gasteiger partial charge in [-0.25, -0.2) is 0 Å². The Labute approximate surface area is 152 Å². The van der Waals surface area contributed by atoms with E-state index < -0.39 is 0 Å². The van der Waals surface area contributed by atoms with Crippen LogP contribution in [-0.2, 0) is 6.42 Å². The number of benzene rings is 1. The fourth-order valence-corrected chi connectivity index (χ4v) is 3.90. The first-order chi connectivity index (χ1) is 12.7. The number of nitrogens with zero attached hydrogens (tertiary/aromatic N) is 2. The van der Waals surface area contributed by atoms with E-state index in [9.17, 15) is 4.79 Å². The summed E-state index contributed by atoms with van der Waals surface area (Å²) in [5, 5.41) is 0. The van der Waals surface area contributed by atoms with Crippen LogP contribution in [0.1, 0.15) is 40.9 Å². The number of rotatable bonds is 5. The van der Waals surface area contributed by atoms with E-state index in [1.807, 2.05) is 6.07 Å². The van der Waals surface area contributed by atoms with Gasteiger partial charge in [0.15, 0.2) is 17.3 Å². The molecule has 1 aromatic heterocycles. The van der Waals surface area contributed by atoms with Crippen LogP contribution < -0.4 is 14.2 Å². The van der Waals surface area contributed by atoms with Gasteiger partial charge in [0.05, 0.1) is 7.11 Å². The molecule has 0 N–H and O–H groups in total. The summed E-state index contributed by atoms with van der Waals surface area (Å²) < 4.78 is 16.9. The van der Waals surface area contributed by atoms with Crippen LogP contribution in [0.4, 0.5) is 0 Å². The molecule has 0 saturated heterocycles. The molecule has 3 heterocycles. The highest BCUT2D eigenvalue weighted by atomic mass is 16.7. The highest BCUT2D eigenvalue weighted by molar-refractivity contribution is 5.96. The van der Waals surface area contributed by atoms with Crippen molar-refractivity contribution in [3.05, 3.63) is 47.3 Å². The fraction of sp³-hybridized carbons (Fsp3) is 0.400. The van der Waals surface area contributed by atoms with Crippen molar-refractivity contribution in [1.29, 1.82) is 0 Å². The second kappa shape index (κ2) is 6.96. The molecule has 0 aliphatic carbocycles. The fourth-order valence-electron chi connectivity index (χ4n) is 3.90. The maximum Gasteiger partial charge on any atom is 0.231 e. The van der Waals surface area contributed by atoms with Crippen LogP contribution in [0.25, 0.3) is 0 Å². The molecule has 2 aliphatic heterocycles. The lowest BCUT2D eigenvalue weighted by Gasteiger charge is -2.37. The summed E-state index contributed by atoms with van der Waals surface area (Å²) in [5.41, 5.74) is 2.90. The molecule has 26 heavy (non-hydrogen) atoms. The van der Waals surface area contributed by atoms with Gasteiger partial charge < -0.3 is 14.2 Å². The average Bonchev–Trinajstić information content (AvgIpc) is 3.15. The summed E-state index contributed by atoms with van der Waals surface area (Å²) in [4.78, 5) is 19.2. The lowest BCUT2D eigenvalue weighted by molar-refractivity contribution is 0.0909. The van der Waals surface area contributed by atoms with E-state index in [0.717, 1.165) is 30.8 Å². The molecular formula is C20H22N2O4. The predicted octanol–water partition coefficient (Wildman–Crippen LogP) is 3.01. The van der Waals surface area contributed by atoms with E-state index in [4.69, 9.17) is 14.2 Å². The zero-order valence-electron chi connectivity index (χ0n) is 15.0. The Balaban J connectivity index is 1.75. The van der Waals surface area contributed by atoms with E-state index in [1.54, 1.807) is 31.6 Å². The van der Waals surface area contributed by atoms with Crippen LogP contribution in [0.5, 0.6) is 17.2 Å². The van der Waals surface area contributed by atoms with Crippen LogP contribution >= 0.6 is 0 Å². The number of aromatic nitrogens is 1. The number of fused-ring (bicyclic) bond motifs is 2. The van der Waals surface area contributed by atoms with Crippen LogP contribution in [0.3, 0.4) is 0 Å². The molecule has 1 atom stereocenters. The molecule has 0 radical (unpaired) electrons. The van der Waals surface area contributed by atoms with Crippen LogP contribution in [0.15, 0.2) is 30.6 Å². The number of likely N-dealkylation sites (N-methyl/N-ethyl adjacent to an activating group) is 1. The summed E-state index contributed by atoms with van der Waals surface area (Å²) in [6.07, 6.45) is 4.59. The number of carbonyl (C=O) groups excluding carboxylic acids is 1. The molecule has 2 aliphatic rings. The SMILES string of the molecule is CCN1CCc2cc3c(c(OC)c2C1CC(=O)c1ccncc1)OCO3. The lowest BCUT2D eigenvalue weighted by Crippen LogP contribution is -2.36. The predicted molar refractivity (Wildman–Crippen MR) is 96.0 cm³/mol. The van der Waals surface area contributed by atoms with Gasteiger partial charge in [-0.15, -0.1) is 0 Å². The molecule has 0 saturated carbocycles. The van der Waals surface area contributed by atoms with Crippen LogP contribution in [0, 0.1) is 0 Å². The Bertz CT molecular complexity index is 822. The van der Waals surface area contributed by atoms with Crippen molar-refractivity contribution in [2.75, 3.05) is 27.0 Å². The number of hydrogen-bond acceptors (Lipinski definition) is 6. The van der Waals surface area contributed by atoms with Gasteiger partial charge in [-0.3, -0.25) is 14.7 Å². The van der Waals surface area contributed by atoms with Crippen molar-refractivity contribution in [3.8, 4) is 17.2 Å². The maximum absolute atomic E-state index is 12.9. The Kier molecular flexibility index (Phi) is 4.51. The molecule has 1 unspecified atom stereocenters. The summed E-state index contributed by atoms with van der Waals surface area (Å²) in [6, 6.07) is 5.52. The van der Waals surface area contributed by atoms with Crippen LogP contribution in [-0.4, -0.2) is 42.7 Å². The molecule has 136 valence electrons. The number of carbonyl (C=O) groups is 1. The first-order valence-electron chi connectivity index (χ1n) is 8.89. The first-order valence-corrected chi connectivity index (χ1v) is 8.89. The van der Waals surface area contributed by atoms with Gasteiger partial charge in [0.25, 0.3) is 0 Å². The van der Waals surface area contributed by atoms with Crippen LogP contribution in [0.2, 0.25) is 0 Å². The normalized spacial score (nSPS) is 18.5. The Morgan fingerprint density at radius 3 is 2.88 bits per heavy atom. The van der Waals surface area contributed by atoms with E-state index in [2.05, 4.69) is 16.8 Å². The van der Waals surface area contributed by atoms with Gasteiger partial charge in [-0.1, -0.05) is 6.92 Å². The van der Waals surface area contributed by atoms with Gasteiger partial charge in [0.1, 0.15) is 0 Å². The monoisotopic (exact) mass is 354 g/mol. The second-order valence-electron chi connectivity index (χ2n) is 6.47. The first kappa shape index (κ1) is 16.8. The average molecular weight is 354 g/mol. The minimum atomic E-state index is -0.0473. The van der Waals surface area contributed by atoms with E-state index in [1.165, 1.54) is 5.56 Å². The zero-order chi connectivity index (χ0) is 18.1. The third-order valence-corrected chi connectivity index (χ3v) is 5.18. The summed E-state index contributed by atoms with van der Waals surface area (Å²) >= 11 is 0. The standard InChI is InChI=1S/C20H22N2O4/c1-3-22-9-6-14-10-17-19(26-12-25-17)20(24-2)18(14)15(22)11-16(23)13-4-7-21-8-5-13/h4-5,7-8,10,15H,3,6,9,11-12H2,1-2H3. The minimum absolute atomic E-state index is 0.0473. The van der Waals surface area contributed by atoms with Crippen molar-refractivity contribution in [2.45, 2.75) is 25.8 Å². The molecule has 0 fully saturated rings. The summed E-state index contributed by atoms with van der Waals surface area (Å²) in [5.74, 6) is 2.17. The Morgan fingerprint density at radius 2 is 2.15 bits per heavy atom. The molecule has 4 rings (SSSR count). The van der Waals surface area contributed by atoms with Crippen molar-refractivity contribution in [3.63, 3.8) is 0 Å². The van der Waals surface area contributed by atoms with Gasteiger partial charge in [-0.05, 0) is 36.7 Å². The highest BCUT2D eigenvalue weighted by Gasteiger charge is 2.35. The van der Waals surface area contributed by atoms with Gasteiger partial charge in [-0.2, -0.15) is 0 Å². The van der Waals surface area contributed by atoms with Crippen molar-refractivity contribution < 1.29 is 19.0 Å². The third kappa shape index (κ3) is 2.80. The second-order valence-corrected chi connectivity index (χ2v) is 6.47. The molecule has 6 nitrogen and oxygen atoms in total. The molecule has 6 heteroatoms. The van der Waals surface area contributed by atoms with Crippen molar-refractivity contribution >= 4 is 5.78 Å². The van der Waals surface area contributed by atoms with Gasteiger partial charge in [0.2, 0.25) is 12.5 Å².